The highest BCUT2D eigenvalue weighted by Crippen LogP contribution is 2.22. The Kier molecular flexibility index (Phi) is 2.54. The third-order valence-electron chi connectivity index (χ3n) is 1.13. The van der Waals surface area contributed by atoms with Gasteiger partial charge in [-0.3, -0.25) is 0 Å². The molecule has 0 spiro atoms. The molecule has 1 N–H and O–H groups in total. The largest absolute Gasteiger partial charge is 0.695 e. The zero-order valence-corrected chi connectivity index (χ0v) is 5.71. The van der Waals surface area contributed by atoms with E-state index in [1.165, 1.54) is 0 Å². The van der Waals surface area contributed by atoms with E-state index in [1.54, 1.807) is 0 Å². The quantitative estimate of drug-likeness (QED) is 0.582. The van der Waals surface area contributed by atoms with Gasteiger partial charge in [0.2, 0.25) is 0 Å². The van der Waals surface area contributed by atoms with E-state index in [-0.39, 0.29) is 6.10 Å². The van der Waals surface area contributed by atoms with Crippen molar-refractivity contribution < 1.29 is 18.7 Å². The second-order valence-electron chi connectivity index (χ2n) is 1.83. The topological polar surface area (TPSA) is 55.8 Å². The predicted molar refractivity (Wildman–Crippen MR) is 30.1 cm³/mol. The highest BCUT2D eigenvalue weighted by Gasteiger charge is 2.26. The molecule has 1 fully saturated rings. The predicted octanol–water partition coefficient (Wildman–Crippen LogP) is 0.442. The molecule has 5 heteroatoms. The maximum absolute atomic E-state index is 10.0. The fourth-order valence-electron chi connectivity index (χ4n) is 0.724. The molecule has 0 amide bonds. The van der Waals surface area contributed by atoms with Crippen molar-refractivity contribution in [1.82, 2.24) is 0 Å². The second-order valence-corrected chi connectivity index (χ2v) is 2.52. The Labute approximate surface area is 53.7 Å². The van der Waals surface area contributed by atoms with Gasteiger partial charge in [-0.1, -0.05) is 0 Å². The average molecular weight is 151 g/mol. The van der Waals surface area contributed by atoms with Gasteiger partial charge < -0.3 is 4.74 Å². The molecule has 0 saturated carbocycles. The normalized spacial score (nSPS) is 28.6. The summed E-state index contributed by atoms with van der Waals surface area (Å²) < 4.78 is 19.5. The molecule has 1 aliphatic heterocycles. The lowest BCUT2D eigenvalue weighted by Gasteiger charge is -1.92. The van der Waals surface area contributed by atoms with Gasteiger partial charge in [-0.2, -0.15) is 0 Å². The molecule has 0 aliphatic carbocycles. The molecular formula is C4H8O4P+. The van der Waals surface area contributed by atoms with Crippen molar-refractivity contribution in [1.29, 1.82) is 0 Å². The molecule has 4 nitrogen and oxygen atoms in total. The van der Waals surface area contributed by atoms with E-state index < -0.39 is 8.25 Å². The summed E-state index contributed by atoms with van der Waals surface area (Å²) in [6, 6.07) is 0. The third-order valence-corrected chi connectivity index (χ3v) is 1.61. The Morgan fingerprint density at radius 3 is 3.00 bits per heavy atom. The molecule has 52 valence electrons. The third kappa shape index (κ3) is 2.37. The van der Waals surface area contributed by atoms with Crippen molar-refractivity contribution in [2.75, 3.05) is 13.2 Å². The van der Waals surface area contributed by atoms with Gasteiger partial charge in [-0.05, 0) is 0 Å². The van der Waals surface area contributed by atoms with Crippen LogP contribution in [0.2, 0.25) is 0 Å². The molecule has 2 atom stereocenters. The summed E-state index contributed by atoms with van der Waals surface area (Å²) in [5.74, 6) is 0. The van der Waals surface area contributed by atoms with E-state index in [0.717, 1.165) is 6.42 Å². The number of hydrogen-bond acceptors (Lipinski definition) is 3. The first-order chi connectivity index (χ1) is 4.29. The fourth-order valence-corrected chi connectivity index (χ4v) is 1.14. The Balaban J connectivity index is 2.19. The van der Waals surface area contributed by atoms with Crippen LogP contribution in [0.25, 0.3) is 0 Å². The van der Waals surface area contributed by atoms with E-state index in [9.17, 15) is 4.57 Å². The summed E-state index contributed by atoms with van der Waals surface area (Å²) >= 11 is 0. The second kappa shape index (κ2) is 3.22. The van der Waals surface area contributed by atoms with Crippen molar-refractivity contribution in [3.63, 3.8) is 0 Å². The molecule has 0 aromatic heterocycles. The smallest absolute Gasteiger partial charge is 0.378 e. The van der Waals surface area contributed by atoms with Crippen molar-refractivity contribution >= 4 is 8.25 Å². The Hall–Kier alpha value is -0.0200. The summed E-state index contributed by atoms with van der Waals surface area (Å²) in [6.07, 6.45) is 0.556. The van der Waals surface area contributed by atoms with E-state index in [1.807, 2.05) is 0 Å². The molecule has 1 heterocycles. The average Bonchev–Trinajstić information content (AvgIpc) is 2.15. The van der Waals surface area contributed by atoms with Crippen LogP contribution in [0.15, 0.2) is 0 Å². The highest BCUT2D eigenvalue weighted by atomic mass is 31.1. The van der Waals surface area contributed by atoms with Crippen LogP contribution in [-0.2, 0) is 13.8 Å². The van der Waals surface area contributed by atoms with Gasteiger partial charge in [0.05, 0.1) is 6.61 Å². The first-order valence-corrected chi connectivity index (χ1v) is 3.82. The van der Waals surface area contributed by atoms with E-state index in [2.05, 4.69) is 4.52 Å². The summed E-state index contributed by atoms with van der Waals surface area (Å²) in [6.45, 7) is 1.08. The van der Waals surface area contributed by atoms with Crippen LogP contribution in [0.5, 0.6) is 0 Å². The minimum atomic E-state index is -2.44. The van der Waals surface area contributed by atoms with Crippen LogP contribution in [-0.4, -0.2) is 24.2 Å². The summed E-state index contributed by atoms with van der Waals surface area (Å²) in [4.78, 5) is 8.24. The molecule has 1 aliphatic rings. The number of rotatable bonds is 2. The molecule has 1 rings (SSSR count). The molecule has 9 heavy (non-hydrogen) atoms. The zero-order chi connectivity index (χ0) is 6.69. The van der Waals surface area contributed by atoms with Crippen LogP contribution in [0.3, 0.4) is 0 Å². The molecular weight excluding hydrogens is 143 g/mol. The molecule has 0 aromatic carbocycles. The van der Waals surface area contributed by atoms with E-state index >= 15 is 0 Å². The van der Waals surface area contributed by atoms with Gasteiger partial charge >= 0.3 is 8.25 Å². The van der Waals surface area contributed by atoms with Crippen LogP contribution in [0.1, 0.15) is 6.42 Å². The highest BCUT2D eigenvalue weighted by molar-refractivity contribution is 7.32. The lowest BCUT2D eigenvalue weighted by atomic mass is 10.3. The summed E-state index contributed by atoms with van der Waals surface area (Å²) in [5, 5.41) is 0. The zero-order valence-electron chi connectivity index (χ0n) is 4.82. The van der Waals surface area contributed by atoms with Gasteiger partial charge in [0.1, 0.15) is 6.10 Å². The van der Waals surface area contributed by atoms with Gasteiger partial charge in [-0.15, -0.1) is 9.42 Å². The SMILES string of the molecule is O=[P+](O)OC1CCOC1. The number of ether oxygens (including phenoxy) is 1. The van der Waals surface area contributed by atoms with Gasteiger partial charge in [0, 0.05) is 17.6 Å². The van der Waals surface area contributed by atoms with Gasteiger partial charge in [-0.25, -0.2) is 0 Å². The van der Waals surface area contributed by atoms with E-state index in [0.29, 0.717) is 13.2 Å². The van der Waals surface area contributed by atoms with Crippen LogP contribution < -0.4 is 0 Å². The van der Waals surface area contributed by atoms with Crippen LogP contribution in [0, 0.1) is 0 Å². The first-order valence-electron chi connectivity index (χ1n) is 2.69. The van der Waals surface area contributed by atoms with E-state index in [4.69, 9.17) is 9.63 Å². The van der Waals surface area contributed by atoms with Crippen LogP contribution >= 0.6 is 8.25 Å². The molecule has 0 radical (unpaired) electrons. The monoisotopic (exact) mass is 151 g/mol. The summed E-state index contributed by atoms with van der Waals surface area (Å²) in [5.41, 5.74) is 0. The maximum Gasteiger partial charge on any atom is 0.695 e. The lowest BCUT2D eigenvalue weighted by molar-refractivity contribution is 0.137. The van der Waals surface area contributed by atoms with Gasteiger partial charge in [0.25, 0.3) is 0 Å². The minimum Gasteiger partial charge on any atom is -0.378 e. The molecule has 1 saturated heterocycles. The van der Waals surface area contributed by atoms with Crippen molar-refractivity contribution in [2.24, 2.45) is 0 Å². The van der Waals surface area contributed by atoms with Crippen molar-refractivity contribution in [3.05, 3.63) is 0 Å². The molecule has 0 aromatic rings. The minimum absolute atomic E-state index is 0.168. The maximum atomic E-state index is 10.0. The number of hydrogen-bond donors (Lipinski definition) is 1. The van der Waals surface area contributed by atoms with Crippen LogP contribution in [0.4, 0.5) is 0 Å². The lowest BCUT2D eigenvalue weighted by Crippen LogP contribution is -2.06. The molecule has 0 bridgehead atoms. The van der Waals surface area contributed by atoms with Crippen molar-refractivity contribution in [2.45, 2.75) is 12.5 Å². The van der Waals surface area contributed by atoms with Gasteiger partial charge in [0.15, 0.2) is 0 Å². The summed E-state index contributed by atoms with van der Waals surface area (Å²) in [7, 11) is -2.44. The Bertz CT molecular complexity index is 109. The Morgan fingerprint density at radius 1 is 1.78 bits per heavy atom. The first kappa shape index (κ1) is 7.09. The van der Waals surface area contributed by atoms with Crippen molar-refractivity contribution in [3.8, 4) is 0 Å². The standard InChI is InChI=1S/C4H7O4P/c5-9(6)8-4-1-2-7-3-4/h4H,1-3H2/p+1. The fraction of sp³-hybridized carbons (Fsp3) is 1.00. The molecule has 2 unspecified atom stereocenters. The Morgan fingerprint density at radius 2 is 2.56 bits per heavy atom.